The van der Waals surface area contributed by atoms with Crippen LogP contribution < -0.4 is 10.2 Å². The van der Waals surface area contributed by atoms with Crippen molar-refractivity contribution in [3.8, 4) is 0 Å². The van der Waals surface area contributed by atoms with Crippen molar-refractivity contribution in [2.45, 2.75) is 32.9 Å². The Kier molecular flexibility index (Phi) is 5.49. The number of hydrogen-bond acceptors (Lipinski definition) is 5. The monoisotopic (exact) mass is 290 g/mol. The number of pyridine rings is 1. The fourth-order valence-electron chi connectivity index (χ4n) is 2.07. The average Bonchev–Trinajstić information content (AvgIpc) is 2.84. The van der Waals surface area contributed by atoms with Gasteiger partial charge in [-0.25, -0.2) is 4.98 Å². The minimum absolute atomic E-state index is 0.791. The number of nitrogens with zero attached hydrogens (tertiary/aromatic N) is 3. The SMILES string of the molecule is CCCc1nc(N(C)Cc2ccccn2)sc1CNC. The van der Waals surface area contributed by atoms with Crippen LogP contribution in [0.4, 0.5) is 5.13 Å². The number of anilines is 1. The molecule has 0 aliphatic heterocycles. The highest BCUT2D eigenvalue weighted by Crippen LogP contribution is 2.27. The molecule has 2 rings (SSSR count). The number of hydrogen-bond donors (Lipinski definition) is 1. The molecule has 20 heavy (non-hydrogen) atoms. The van der Waals surface area contributed by atoms with Crippen LogP contribution in [0.1, 0.15) is 29.6 Å². The summed E-state index contributed by atoms with van der Waals surface area (Å²) < 4.78 is 0. The van der Waals surface area contributed by atoms with Gasteiger partial charge in [0, 0.05) is 24.7 Å². The summed E-state index contributed by atoms with van der Waals surface area (Å²) in [6.45, 7) is 3.88. The van der Waals surface area contributed by atoms with Gasteiger partial charge in [0.15, 0.2) is 5.13 Å². The third-order valence-corrected chi connectivity index (χ3v) is 4.25. The maximum atomic E-state index is 4.79. The van der Waals surface area contributed by atoms with Gasteiger partial charge < -0.3 is 10.2 Å². The molecular formula is C15H22N4S. The second-order valence-corrected chi connectivity index (χ2v) is 5.89. The summed E-state index contributed by atoms with van der Waals surface area (Å²) in [4.78, 5) is 12.7. The van der Waals surface area contributed by atoms with E-state index in [0.29, 0.717) is 0 Å². The van der Waals surface area contributed by atoms with Crippen LogP contribution in [0.5, 0.6) is 0 Å². The highest BCUT2D eigenvalue weighted by Gasteiger charge is 2.13. The van der Waals surface area contributed by atoms with E-state index in [0.717, 1.165) is 36.8 Å². The maximum absolute atomic E-state index is 4.79. The van der Waals surface area contributed by atoms with Gasteiger partial charge in [0.2, 0.25) is 0 Å². The van der Waals surface area contributed by atoms with Gasteiger partial charge in [-0.05, 0) is 25.6 Å². The molecule has 2 aromatic heterocycles. The third-order valence-electron chi connectivity index (χ3n) is 3.04. The second kappa shape index (κ2) is 7.36. The molecule has 0 radical (unpaired) electrons. The molecule has 0 spiro atoms. The molecule has 0 saturated carbocycles. The predicted molar refractivity (Wildman–Crippen MR) is 85.2 cm³/mol. The van der Waals surface area contributed by atoms with E-state index in [-0.39, 0.29) is 0 Å². The van der Waals surface area contributed by atoms with Crippen molar-refractivity contribution in [1.82, 2.24) is 15.3 Å². The van der Waals surface area contributed by atoms with Gasteiger partial charge >= 0.3 is 0 Å². The van der Waals surface area contributed by atoms with E-state index in [1.54, 1.807) is 11.3 Å². The summed E-state index contributed by atoms with van der Waals surface area (Å²) in [5, 5.41) is 4.30. The van der Waals surface area contributed by atoms with E-state index >= 15 is 0 Å². The zero-order valence-electron chi connectivity index (χ0n) is 12.4. The van der Waals surface area contributed by atoms with E-state index in [9.17, 15) is 0 Å². The summed E-state index contributed by atoms with van der Waals surface area (Å²) in [5.74, 6) is 0. The van der Waals surface area contributed by atoms with Crippen LogP contribution in [0, 0.1) is 0 Å². The fraction of sp³-hybridized carbons (Fsp3) is 0.467. The van der Waals surface area contributed by atoms with Gasteiger partial charge in [-0.2, -0.15) is 0 Å². The number of nitrogens with one attached hydrogen (secondary N) is 1. The normalized spacial score (nSPS) is 10.8. The molecule has 0 saturated heterocycles. The molecule has 0 amide bonds. The maximum Gasteiger partial charge on any atom is 0.185 e. The Morgan fingerprint density at radius 1 is 1.35 bits per heavy atom. The van der Waals surface area contributed by atoms with Crippen molar-refractivity contribution in [2.24, 2.45) is 0 Å². The van der Waals surface area contributed by atoms with Crippen molar-refractivity contribution < 1.29 is 0 Å². The first kappa shape index (κ1) is 14.9. The summed E-state index contributed by atoms with van der Waals surface area (Å²) in [5.41, 5.74) is 2.30. The molecule has 0 aromatic carbocycles. The number of rotatable bonds is 7. The molecule has 0 aliphatic carbocycles. The van der Waals surface area contributed by atoms with Gasteiger partial charge in [0.05, 0.1) is 17.9 Å². The van der Waals surface area contributed by atoms with Crippen LogP contribution in [0.3, 0.4) is 0 Å². The van der Waals surface area contributed by atoms with Crippen molar-refractivity contribution >= 4 is 16.5 Å². The molecule has 4 nitrogen and oxygen atoms in total. The minimum Gasteiger partial charge on any atom is -0.345 e. The standard InChI is InChI=1S/C15H22N4S/c1-4-7-13-14(10-16-2)20-15(18-13)19(3)11-12-8-5-6-9-17-12/h5-6,8-9,16H,4,7,10-11H2,1-3H3. The molecular weight excluding hydrogens is 268 g/mol. The summed E-state index contributed by atoms with van der Waals surface area (Å²) in [6.07, 6.45) is 4.01. The molecule has 2 heterocycles. The van der Waals surface area contributed by atoms with Crippen molar-refractivity contribution in [2.75, 3.05) is 19.0 Å². The van der Waals surface area contributed by atoms with E-state index in [4.69, 9.17) is 4.98 Å². The van der Waals surface area contributed by atoms with Gasteiger partial charge in [0.25, 0.3) is 0 Å². The van der Waals surface area contributed by atoms with Crippen LogP contribution in [-0.2, 0) is 19.5 Å². The van der Waals surface area contributed by atoms with E-state index in [2.05, 4.69) is 29.2 Å². The topological polar surface area (TPSA) is 41.1 Å². The molecule has 0 atom stereocenters. The zero-order valence-corrected chi connectivity index (χ0v) is 13.2. The summed E-state index contributed by atoms with van der Waals surface area (Å²) in [6, 6.07) is 6.01. The second-order valence-electron chi connectivity index (χ2n) is 4.82. The molecule has 0 unspecified atom stereocenters. The smallest absolute Gasteiger partial charge is 0.185 e. The largest absolute Gasteiger partial charge is 0.345 e. The van der Waals surface area contributed by atoms with E-state index < -0.39 is 0 Å². The van der Waals surface area contributed by atoms with Gasteiger partial charge in [0.1, 0.15) is 0 Å². The van der Waals surface area contributed by atoms with Crippen molar-refractivity contribution in [3.05, 3.63) is 40.7 Å². The van der Waals surface area contributed by atoms with Gasteiger partial charge in [-0.15, -0.1) is 11.3 Å². The van der Waals surface area contributed by atoms with Crippen LogP contribution in [0.25, 0.3) is 0 Å². The highest BCUT2D eigenvalue weighted by atomic mass is 32.1. The lowest BCUT2D eigenvalue weighted by atomic mass is 10.2. The molecule has 0 fully saturated rings. The third kappa shape index (κ3) is 3.77. The molecule has 5 heteroatoms. The van der Waals surface area contributed by atoms with Crippen LogP contribution in [0.2, 0.25) is 0 Å². The Morgan fingerprint density at radius 2 is 2.20 bits per heavy atom. The molecule has 0 aliphatic rings. The Morgan fingerprint density at radius 3 is 2.85 bits per heavy atom. The lowest BCUT2D eigenvalue weighted by Crippen LogP contribution is -2.16. The zero-order chi connectivity index (χ0) is 14.4. The fourth-order valence-corrected chi connectivity index (χ4v) is 3.14. The van der Waals surface area contributed by atoms with Crippen molar-refractivity contribution in [3.63, 3.8) is 0 Å². The van der Waals surface area contributed by atoms with Crippen molar-refractivity contribution in [1.29, 1.82) is 0 Å². The highest BCUT2D eigenvalue weighted by molar-refractivity contribution is 7.15. The van der Waals surface area contributed by atoms with E-state index in [1.165, 1.54) is 10.6 Å². The van der Waals surface area contributed by atoms with Gasteiger partial charge in [-0.3, -0.25) is 4.98 Å². The van der Waals surface area contributed by atoms with Gasteiger partial charge in [-0.1, -0.05) is 19.4 Å². The number of aryl methyl sites for hydroxylation is 1. The lowest BCUT2D eigenvalue weighted by Gasteiger charge is -2.14. The first-order valence-electron chi connectivity index (χ1n) is 6.98. The molecule has 1 N–H and O–H groups in total. The first-order valence-corrected chi connectivity index (χ1v) is 7.80. The Bertz CT molecular complexity index is 500. The molecule has 0 bridgehead atoms. The minimum atomic E-state index is 0.791. The summed E-state index contributed by atoms with van der Waals surface area (Å²) in [7, 11) is 4.05. The van der Waals surface area contributed by atoms with Crippen LogP contribution >= 0.6 is 11.3 Å². The number of aromatic nitrogens is 2. The molecule has 2 aromatic rings. The average molecular weight is 290 g/mol. The quantitative estimate of drug-likeness (QED) is 0.851. The van der Waals surface area contributed by atoms with Crippen LogP contribution in [-0.4, -0.2) is 24.1 Å². The predicted octanol–water partition coefficient (Wildman–Crippen LogP) is 2.85. The first-order chi connectivity index (χ1) is 9.74. The van der Waals surface area contributed by atoms with E-state index in [1.807, 2.05) is 31.4 Å². The lowest BCUT2D eigenvalue weighted by molar-refractivity contribution is 0.795. The number of thiazole rings is 1. The van der Waals surface area contributed by atoms with Crippen LogP contribution in [0.15, 0.2) is 24.4 Å². The summed E-state index contributed by atoms with van der Waals surface area (Å²) >= 11 is 1.78. The Balaban J connectivity index is 2.13. The Labute approximate surface area is 124 Å². The Hall–Kier alpha value is -1.46. The molecule has 108 valence electrons.